The summed E-state index contributed by atoms with van der Waals surface area (Å²) in [5.74, 6) is 0. The number of nitrogens with zero attached hydrogens (tertiary/aromatic N) is 1. The fourth-order valence-electron chi connectivity index (χ4n) is 0.500. The molecule has 0 aliphatic rings. The van der Waals surface area contributed by atoms with Gasteiger partial charge in [-0.2, -0.15) is 0 Å². The van der Waals surface area contributed by atoms with Crippen molar-refractivity contribution < 1.29 is 11.2 Å². The van der Waals surface area contributed by atoms with Crippen molar-refractivity contribution in [3.63, 3.8) is 0 Å². The summed E-state index contributed by atoms with van der Waals surface area (Å²) in [5.41, 5.74) is 1.11. The van der Waals surface area contributed by atoms with Gasteiger partial charge in [-0.3, -0.25) is 4.98 Å². The summed E-state index contributed by atoms with van der Waals surface area (Å²) < 4.78 is 0. The Morgan fingerprint density at radius 3 is 1.92 bits per heavy atom. The topological polar surface area (TPSA) is 12.9 Å². The molecule has 69 valence electrons. The van der Waals surface area contributed by atoms with Gasteiger partial charge in [0.25, 0.3) is 0 Å². The van der Waals surface area contributed by atoms with Crippen molar-refractivity contribution in [2.45, 2.75) is 0 Å². The summed E-state index contributed by atoms with van der Waals surface area (Å²) in [6, 6.07) is 3.82. The van der Waals surface area contributed by atoms with Crippen molar-refractivity contribution >= 4 is 36.4 Å². The van der Waals surface area contributed by atoms with E-state index < -0.39 is 11.2 Å². The van der Waals surface area contributed by atoms with Crippen LogP contribution < -0.4 is 0 Å². The fourth-order valence-corrected chi connectivity index (χ4v) is 0.500. The Balaban J connectivity index is 0.000000261. The predicted octanol–water partition coefficient (Wildman–Crippen LogP) is 3.79. The zero-order chi connectivity index (χ0) is 9.40. The Bertz CT molecular complexity index is 212. The number of pyridine rings is 1. The van der Waals surface area contributed by atoms with Crippen LogP contribution in [0.15, 0.2) is 31.1 Å². The van der Waals surface area contributed by atoms with Gasteiger partial charge < -0.3 is 0 Å². The van der Waals surface area contributed by atoms with Crippen LogP contribution in [0.3, 0.4) is 0 Å². The number of hydrogen-bond donors (Lipinski definition) is 0. The third-order valence-corrected chi connectivity index (χ3v) is 0.942. The monoisotopic (exact) mass is 266 g/mol. The molecule has 0 aromatic carbocycles. The molecule has 0 unspecified atom stereocenters. The van der Waals surface area contributed by atoms with Gasteiger partial charge in [0.15, 0.2) is 0 Å². The van der Waals surface area contributed by atoms with Gasteiger partial charge in [-0.15, -0.1) is 0 Å². The van der Waals surface area contributed by atoms with Crippen molar-refractivity contribution in [2.24, 2.45) is 0 Å². The molecule has 1 aromatic heterocycles. The van der Waals surface area contributed by atoms with Gasteiger partial charge in [-0.05, 0) is 17.7 Å². The molecule has 0 fully saturated rings. The van der Waals surface area contributed by atoms with E-state index in [1.807, 2.05) is 12.1 Å². The molecule has 0 radical (unpaired) electrons. The van der Waals surface area contributed by atoms with Gasteiger partial charge >= 0.3 is 41.5 Å². The summed E-state index contributed by atoms with van der Waals surface area (Å²) in [4.78, 5) is 3.85. The first-order valence-electron chi connectivity index (χ1n) is 2.86. The Morgan fingerprint density at radius 1 is 1.25 bits per heavy atom. The molecule has 0 saturated heterocycles. The molecule has 1 aromatic rings. The van der Waals surface area contributed by atoms with Crippen LogP contribution in [-0.2, 0) is 11.2 Å². The molecule has 1 nitrogen and oxygen atoms in total. The van der Waals surface area contributed by atoms with Crippen molar-refractivity contribution in [2.75, 3.05) is 0 Å². The third kappa shape index (κ3) is 8.38. The zero-order valence-electron chi connectivity index (χ0n) is 6.03. The van der Waals surface area contributed by atoms with Gasteiger partial charge in [-0.25, -0.2) is 0 Å². The van der Waals surface area contributed by atoms with Gasteiger partial charge in [0.1, 0.15) is 0 Å². The van der Waals surface area contributed by atoms with Gasteiger partial charge in [0.2, 0.25) is 0 Å². The van der Waals surface area contributed by atoms with Crippen LogP contribution in [0, 0.1) is 0 Å². The van der Waals surface area contributed by atoms with Gasteiger partial charge in [0.05, 0.1) is 0 Å². The molecule has 0 aliphatic carbocycles. The normalized spacial score (nSPS) is 9.42. The summed E-state index contributed by atoms with van der Waals surface area (Å²) in [6.45, 7) is 3.60. The Morgan fingerprint density at radius 2 is 1.67 bits per heavy atom. The first-order chi connectivity index (χ1) is 5.66. The van der Waals surface area contributed by atoms with Crippen LogP contribution in [-0.4, -0.2) is 4.98 Å². The molecule has 0 saturated carbocycles. The van der Waals surface area contributed by atoms with Crippen LogP contribution in [0.1, 0.15) is 5.56 Å². The van der Waals surface area contributed by atoms with Crippen molar-refractivity contribution in [3.05, 3.63) is 36.7 Å². The van der Waals surface area contributed by atoms with E-state index in [4.69, 9.17) is 30.3 Å². The molecular formula is C7H7Cl3FeN. The maximum absolute atomic E-state index is 4.89. The van der Waals surface area contributed by atoms with Crippen molar-refractivity contribution in [1.29, 1.82) is 0 Å². The summed E-state index contributed by atoms with van der Waals surface area (Å²) >= 11 is -1.33. The van der Waals surface area contributed by atoms with E-state index in [-0.39, 0.29) is 0 Å². The Labute approximate surface area is 88.9 Å². The molecule has 0 N–H and O–H groups in total. The van der Waals surface area contributed by atoms with E-state index in [0.29, 0.717) is 0 Å². The van der Waals surface area contributed by atoms with Crippen molar-refractivity contribution in [1.82, 2.24) is 4.98 Å². The minimum atomic E-state index is -1.33. The van der Waals surface area contributed by atoms with Crippen LogP contribution in [0.5, 0.6) is 0 Å². The van der Waals surface area contributed by atoms with Gasteiger partial charge in [0, 0.05) is 12.4 Å². The SMILES string of the molecule is C=Cc1ccncc1.[Cl][Fe]([Cl])[Cl]. The second-order valence-electron chi connectivity index (χ2n) is 1.64. The average Bonchev–Trinajstić information content (AvgIpc) is 2.05. The molecular weight excluding hydrogens is 260 g/mol. The van der Waals surface area contributed by atoms with Crippen LogP contribution in [0.4, 0.5) is 0 Å². The summed E-state index contributed by atoms with van der Waals surface area (Å²) in [6.07, 6.45) is 5.29. The average molecular weight is 267 g/mol. The predicted molar refractivity (Wildman–Crippen MR) is 51.9 cm³/mol. The summed E-state index contributed by atoms with van der Waals surface area (Å²) in [5, 5.41) is 0. The Hall–Kier alpha value is 0.279. The Kier molecular flexibility index (Phi) is 8.09. The number of aromatic nitrogens is 1. The first kappa shape index (κ1) is 12.3. The second kappa shape index (κ2) is 7.90. The molecule has 1 rings (SSSR count). The first-order valence-corrected chi connectivity index (χ1v) is 7.42. The van der Waals surface area contributed by atoms with E-state index in [1.54, 1.807) is 18.5 Å². The molecule has 5 heteroatoms. The number of halogens is 3. The number of hydrogen-bond acceptors (Lipinski definition) is 1. The van der Waals surface area contributed by atoms with Crippen LogP contribution in [0.25, 0.3) is 6.08 Å². The van der Waals surface area contributed by atoms with E-state index in [1.165, 1.54) is 0 Å². The van der Waals surface area contributed by atoms with E-state index in [9.17, 15) is 0 Å². The second-order valence-corrected chi connectivity index (χ2v) is 7.11. The van der Waals surface area contributed by atoms with E-state index >= 15 is 0 Å². The van der Waals surface area contributed by atoms with Crippen LogP contribution >= 0.6 is 30.3 Å². The standard InChI is InChI=1S/C7H7N.3ClH.Fe/c1-2-7-3-5-8-6-4-7;;;;/h2-6H,1H2;3*1H;/q;;;;+3/p-3. The molecule has 0 atom stereocenters. The van der Waals surface area contributed by atoms with Crippen molar-refractivity contribution in [3.8, 4) is 0 Å². The maximum atomic E-state index is 4.89. The van der Waals surface area contributed by atoms with Gasteiger partial charge in [-0.1, -0.05) is 12.7 Å². The van der Waals surface area contributed by atoms with E-state index in [2.05, 4.69) is 11.6 Å². The van der Waals surface area contributed by atoms with Crippen LogP contribution in [0.2, 0.25) is 0 Å². The molecule has 0 aliphatic heterocycles. The minimum absolute atomic E-state index is 1.11. The molecule has 1 heterocycles. The summed E-state index contributed by atoms with van der Waals surface area (Å²) in [7, 11) is 14.7. The van der Waals surface area contributed by atoms with E-state index in [0.717, 1.165) is 5.56 Å². The fraction of sp³-hybridized carbons (Fsp3) is 0. The molecule has 0 bridgehead atoms. The molecule has 0 spiro atoms. The molecule has 0 amide bonds. The third-order valence-electron chi connectivity index (χ3n) is 0.942. The number of rotatable bonds is 1. The quantitative estimate of drug-likeness (QED) is 0.705. The zero-order valence-corrected chi connectivity index (χ0v) is 9.40. The molecule has 12 heavy (non-hydrogen) atoms.